The van der Waals surface area contributed by atoms with Crippen LogP contribution in [0.4, 0.5) is 0 Å². The van der Waals surface area contributed by atoms with Gasteiger partial charge in [0.05, 0.1) is 6.61 Å². The van der Waals surface area contributed by atoms with Crippen molar-refractivity contribution in [1.29, 1.82) is 0 Å². The van der Waals surface area contributed by atoms with Gasteiger partial charge in [0.25, 0.3) is 0 Å². The molecule has 2 unspecified atom stereocenters. The van der Waals surface area contributed by atoms with E-state index in [-0.39, 0.29) is 18.6 Å². The van der Waals surface area contributed by atoms with Crippen molar-refractivity contribution in [3.8, 4) is 0 Å². The molecule has 0 aliphatic carbocycles. The SMILES string of the molecule is CCCN1C(C)CN(C)C(=O)C1CO. The van der Waals surface area contributed by atoms with Crippen molar-refractivity contribution >= 4 is 5.91 Å². The summed E-state index contributed by atoms with van der Waals surface area (Å²) in [6.45, 7) is 5.75. The first kappa shape index (κ1) is 11.5. The topological polar surface area (TPSA) is 43.8 Å². The molecule has 4 nitrogen and oxygen atoms in total. The molecule has 0 aromatic rings. The van der Waals surface area contributed by atoms with Crippen LogP contribution in [0.5, 0.6) is 0 Å². The molecular formula is C10H20N2O2. The Morgan fingerprint density at radius 1 is 1.57 bits per heavy atom. The minimum absolute atomic E-state index is 0.0408. The molecule has 1 heterocycles. The van der Waals surface area contributed by atoms with Gasteiger partial charge in [-0.25, -0.2) is 0 Å². The van der Waals surface area contributed by atoms with Gasteiger partial charge in [-0.05, 0) is 19.9 Å². The molecule has 1 saturated heterocycles. The Hall–Kier alpha value is -0.610. The average molecular weight is 200 g/mol. The fourth-order valence-corrected chi connectivity index (χ4v) is 2.11. The van der Waals surface area contributed by atoms with Gasteiger partial charge in [-0.2, -0.15) is 0 Å². The van der Waals surface area contributed by atoms with Crippen LogP contribution in [0.25, 0.3) is 0 Å². The molecule has 0 aromatic heterocycles. The van der Waals surface area contributed by atoms with Gasteiger partial charge in [0.1, 0.15) is 6.04 Å². The molecule has 4 heteroatoms. The van der Waals surface area contributed by atoms with Gasteiger partial charge in [-0.15, -0.1) is 0 Å². The predicted octanol–water partition coefficient (Wildman–Crippen LogP) is -0.0802. The van der Waals surface area contributed by atoms with E-state index >= 15 is 0 Å². The molecule has 0 bridgehead atoms. The van der Waals surface area contributed by atoms with Gasteiger partial charge < -0.3 is 10.0 Å². The summed E-state index contributed by atoms with van der Waals surface area (Å²) < 4.78 is 0. The summed E-state index contributed by atoms with van der Waals surface area (Å²) in [5.74, 6) is 0.0408. The highest BCUT2D eigenvalue weighted by Crippen LogP contribution is 2.15. The second kappa shape index (κ2) is 4.75. The number of aliphatic hydroxyl groups excluding tert-OH is 1. The summed E-state index contributed by atoms with van der Waals surface area (Å²) in [5.41, 5.74) is 0. The maximum Gasteiger partial charge on any atom is 0.242 e. The lowest BCUT2D eigenvalue weighted by Gasteiger charge is -2.42. The van der Waals surface area contributed by atoms with E-state index in [1.54, 1.807) is 11.9 Å². The van der Waals surface area contributed by atoms with Gasteiger partial charge >= 0.3 is 0 Å². The zero-order valence-corrected chi connectivity index (χ0v) is 9.23. The highest BCUT2D eigenvalue weighted by atomic mass is 16.3. The van der Waals surface area contributed by atoms with Crippen LogP contribution in [-0.4, -0.2) is 59.6 Å². The Kier molecular flexibility index (Phi) is 3.89. The van der Waals surface area contributed by atoms with Crippen molar-refractivity contribution < 1.29 is 9.90 Å². The molecular weight excluding hydrogens is 180 g/mol. The van der Waals surface area contributed by atoms with Crippen LogP contribution in [0.15, 0.2) is 0 Å². The van der Waals surface area contributed by atoms with E-state index in [1.165, 1.54) is 0 Å². The van der Waals surface area contributed by atoms with Crippen LogP contribution < -0.4 is 0 Å². The molecule has 1 rings (SSSR count). The first-order chi connectivity index (χ1) is 6.61. The van der Waals surface area contributed by atoms with Gasteiger partial charge in [0.15, 0.2) is 0 Å². The minimum atomic E-state index is -0.330. The van der Waals surface area contributed by atoms with E-state index in [2.05, 4.69) is 18.7 Å². The molecule has 1 N–H and O–H groups in total. The molecule has 2 atom stereocenters. The molecule has 1 aliphatic heterocycles. The number of piperazine rings is 1. The van der Waals surface area contributed by atoms with Crippen molar-refractivity contribution in [2.75, 3.05) is 26.7 Å². The smallest absolute Gasteiger partial charge is 0.242 e. The van der Waals surface area contributed by atoms with Crippen LogP contribution in [-0.2, 0) is 4.79 Å². The summed E-state index contributed by atoms with van der Waals surface area (Å²) in [5, 5.41) is 9.20. The number of hydrogen-bond donors (Lipinski definition) is 1. The highest BCUT2D eigenvalue weighted by Gasteiger charge is 2.35. The standard InChI is InChI=1S/C10H20N2O2/c1-4-5-12-8(2)6-11(3)10(14)9(12)7-13/h8-9,13H,4-7H2,1-3H3. The van der Waals surface area contributed by atoms with Crippen LogP contribution in [0.1, 0.15) is 20.3 Å². The fraction of sp³-hybridized carbons (Fsp3) is 0.900. The van der Waals surface area contributed by atoms with E-state index in [4.69, 9.17) is 0 Å². The van der Waals surface area contributed by atoms with Crippen LogP contribution in [0, 0.1) is 0 Å². The zero-order chi connectivity index (χ0) is 10.7. The molecule has 0 aromatic carbocycles. The van der Waals surface area contributed by atoms with Gasteiger partial charge in [-0.1, -0.05) is 6.92 Å². The molecule has 0 spiro atoms. The molecule has 0 saturated carbocycles. The van der Waals surface area contributed by atoms with Crippen molar-refractivity contribution in [3.05, 3.63) is 0 Å². The van der Waals surface area contributed by atoms with Crippen LogP contribution in [0.2, 0.25) is 0 Å². The number of carbonyl (C=O) groups excluding carboxylic acids is 1. The van der Waals surface area contributed by atoms with Crippen LogP contribution in [0.3, 0.4) is 0 Å². The molecule has 82 valence electrons. The van der Waals surface area contributed by atoms with E-state index in [0.29, 0.717) is 6.04 Å². The van der Waals surface area contributed by atoms with E-state index < -0.39 is 0 Å². The van der Waals surface area contributed by atoms with Crippen molar-refractivity contribution in [2.24, 2.45) is 0 Å². The van der Waals surface area contributed by atoms with Crippen molar-refractivity contribution in [2.45, 2.75) is 32.4 Å². The first-order valence-electron chi connectivity index (χ1n) is 5.23. The largest absolute Gasteiger partial charge is 0.394 e. The van der Waals surface area contributed by atoms with E-state index in [9.17, 15) is 9.90 Å². The predicted molar refractivity (Wildman–Crippen MR) is 55.0 cm³/mol. The maximum atomic E-state index is 11.7. The third-order valence-corrected chi connectivity index (χ3v) is 2.82. The second-order valence-electron chi connectivity index (χ2n) is 4.00. The van der Waals surface area contributed by atoms with Gasteiger partial charge in [0.2, 0.25) is 5.91 Å². The number of amides is 1. The highest BCUT2D eigenvalue weighted by molar-refractivity contribution is 5.82. The summed E-state index contributed by atoms with van der Waals surface area (Å²) in [6.07, 6.45) is 1.01. The fourth-order valence-electron chi connectivity index (χ4n) is 2.11. The number of aliphatic hydroxyl groups is 1. The zero-order valence-electron chi connectivity index (χ0n) is 9.23. The lowest BCUT2D eigenvalue weighted by atomic mass is 10.1. The summed E-state index contributed by atoms with van der Waals surface area (Å²) in [7, 11) is 1.80. The lowest BCUT2D eigenvalue weighted by Crippen LogP contribution is -2.61. The normalized spacial score (nSPS) is 29.7. The Labute approximate surface area is 85.5 Å². The average Bonchev–Trinajstić information content (AvgIpc) is 2.15. The van der Waals surface area contributed by atoms with Crippen molar-refractivity contribution in [3.63, 3.8) is 0 Å². The monoisotopic (exact) mass is 200 g/mol. The van der Waals surface area contributed by atoms with E-state index in [1.807, 2.05) is 0 Å². The summed E-state index contributed by atoms with van der Waals surface area (Å²) in [6, 6.07) is 0.0125. The summed E-state index contributed by atoms with van der Waals surface area (Å²) >= 11 is 0. The Bertz CT molecular complexity index is 208. The molecule has 14 heavy (non-hydrogen) atoms. The van der Waals surface area contributed by atoms with Gasteiger partial charge in [-0.3, -0.25) is 9.69 Å². The third kappa shape index (κ3) is 2.07. The number of hydrogen-bond acceptors (Lipinski definition) is 3. The molecule has 1 aliphatic rings. The maximum absolute atomic E-state index is 11.7. The lowest BCUT2D eigenvalue weighted by molar-refractivity contribution is -0.144. The number of likely N-dealkylation sites (N-methyl/N-ethyl adjacent to an activating group) is 1. The van der Waals surface area contributed by atoms with Crippen LogP contribution >= 0.6 is 0 Å². The third-order valence-electron chi connectivity index (χ3n) is 2.82. The van der Waals surface area contributed by atoms with Crippen molar-refractivity contribution in [1.82, 2.24) is 9.80 Å². The first-order valence-corrected chi connectivity index (χ1v) is 5.23. The second-order valence-corrected chi connectivity index (χ2v) is 4.00. The minimum Gasteiger partial charge on any atom is -0.394 e. The molecule has 1 amide bonds. The van der Waals surface area contributed by atoms with E-state index in [0.717, 1.165) is 19.5 Å². The number of rotatable bonds is 3. The Balaban J connectivity index is 2.74. The quantitative estimate of drug-likeness (QED) is 0.693. The Morgan fingerprint density at radius 2 is 2.21 bits per heavy atom. The Morgan fingerprint density at radius 3 is 2.71 bits per heavy atom. The number of carbonyl (C=O) groups is 1. The molecule has 0 radical (unpaired) electrons. The van der Waals surface area contributed by atoms with Gasteiger partial charge in [0, 0.05) is 19.6 Å². The number of nitrogens with zero attached hydrogens (tertiary/aromatic N) is 2. The molecule has 1 fully saturated rings. The summed E-state index contributed by atoms with van der Waals surface area (Å²) in [4.78, 5) is 15.5.